The van der Waals surface area contributed by atoms with E-state index in [1.165, 1.54) is 12.1 Å². The van der Waals surface area contributed by atoms with Crippen LogP contribution >= 0.6 is 0 Å². The first-order valence-electron chi connectivity index (χ1n) is 4.86. The van der Waals surface area contributed by atoms with Gasteiger partial charge in [-0.2, -0.15) is 4.39 Å². The van der Waals surface area contributed by atoms with E-state index in [-0.39, 0.29) is 18.8 Å². The second-order valence-electron chi connectivity index (χ2n) is 3.07. The van der Waals surface area contributed by atoms with Crippen molar-refractivity contribution < 1.29 is 22.7 Å². The summed E-state index contributed by atoms with van der Waals surface area (Å²) in [6, 6.07) is 3.81. The van der Waals surface area contributed by atoms with Crippen LogP contribution in [-0.4, -0.2) is 37.1 Å². The molecule has 0 aliphatic heterocycles. The number of nitrogens with zero attached hydrogens (tertiary/aromatic N) is 1. The van der Waals surface area contributed by atoms with Crippen molar-refractivity contribution in [2.75, 3.05) is 19.8 Å². The van der Waals surface area contributed by atoms with Gasteiger partial charge in [0, 0.05) is 6.54 Å². The summed E-state index contributed by atoms with van der Waals surface area (Å²) < 4.78 is 40.5. The molecule has 0 atom stereocenters. The van der Waals surface area contributed by atoms with E-state index in [0.29, 0.717) is 0 Å². The molecule has 1 rings (SSSR count). The molecule has 1 aromatic rings. The van der Waals surface area contributed by atoms with Crippen LogP contribution in [0.1, 0.15) is 10.5 Å². The van der Waals surface area contributed by atoms with Gasteiger partial charge in [-0.25, -0.2) is 13.8 Å². The summed E-state index contributed by atoms with van der Waals surface area (Å²) in [4.78, 5) is 14.7. The van der Waals surface area contributed by atoms with Gasteiger partial charge in [-0.3, -0.25) is 4.79 Å². The van der Waals surface area contributed by atoms with Crippen molar-refractivity contribution in [3.63, 3.8) is 0 Å². The van der Waals surface area contributed by atoms with Gasteiger partial charge in [-0.05, 0) is 12.1 Å². The molecule has 0 aliphatic carbocycles. The van der Waals surface area contributed by atoms with Crippen LogP contribution in [0.4, 0.5) is 13.2 Å². The highest BCUT2D eigenvalue weighted by Crippen LogP contribution is 1.97. The summed E-state index contributed by atoms with van der Waals surface area (Å²) in [6.45, 7) is -0.650. The number of hydrogen-bond donors (Lipinski definition) is 1. The average molecular weight is 248 g/mol. The standard InChI is InChI=1S/C10H11F3N2O2/c11-8(12)6-17-5-4-14-10(16)7-2-1-3-9(13)15-7/h1-3,8H,4-6H2,(H,14,16). The van der Waals surface area contributed by atoms with Gasteiger partial charge in [0.25, 0.3) is 12.3 Å². The fourth-order valence-electron chi connectivity index (χ4n) is 1.03. The molecule has 0 saturated heterocycles. The lowest BCUT2D eigenvalue weighted by Crippen LogP contribution is -2.28. The van der Waals surface area contributed by atoms with Crippen molar-refractivity contribution in [1.29, 1.82) is 0 Å². The van der Waals surface area contributed by atoms with Crippen molar-refractivity contribution >= 4 is 5.91 Å². The molecule has 4 nitrogen and oxygen atoms in total. The molecule has 1 heterocycles. The molecule has 1 aromatic heterocycles. The Morgan fingerprint density at radius 1 is 1.47 bits per heavy atom. The fraction of sp³-hybridized carbons (Fsp3) is 0.400. The molecule has 1 amide bonds. The maximum atomic E-state index is 12.7. The monoisotopic (exact) mass is 248 g/mol. The summed E-state index contributed by atoms with van der Waals surface area (Å²) in [6.07, 6.45) is -2.53. The molecular weight excluding hydrogens is 237 g/mol. The minimum atomic E-state index is -2.53. The van der Waals surface area contributed by atoms with Gasteiger partial charge in [0.2, 0.25) is 5.95 Å². The molecule has 94 valence electrons. The summed E-state index contributed by atoms with van der Waals surface area (Å²) >= 11 is 0. The number of amides is 1. The highest BCUT2D eigenvalue weighted by atomic mass is 19.3. The fourth-order valence-corrected chi connectivity index (χ4v) is 1.03. The molecular formula is C10H11F3N2O2. The number of halogens is 3. The molecule has 0 saturated carbocycles. The van der Waals surface area contributed by atoms with Crippen LogP contribution in [0.25, 0.3) is 0 Å². The highest BCUT2D eigenvalue weighted by Gasteiger charge is 2.07. The highest BCUT2D eigenvalue weighted by molar-refractivity contribution is 5.92. The quantitative estimate of drug-likeness (QED) is 0.608. The van der Waals surface area contributed by atoms with E-state index in [9.17, 15) is 18.0 Å². The van der Waals surface area contributed by atoms with Gasteiger partial charge < -0.3 is 10.1 Å². The van der Waals surface area contributed by atoms with Gasteiger partial charge in [0.15, 0.2) is 0 Å². The number of nitrogens with one attached hydrogen (secondary N) is 1. The molecule has 0 unspecified atom stereocenters. The van der Waals surface area contributed by atoms with Crippen LogP contribution < -0.4 is 5.32 Å². The maximum absolute atomic E-state index is 12.7. The molecule has 0 bridgehead atoms. The number of pyridine rings is 1. The minimum absolute atomic E-state index is 0.0363. The van der Waals surface area contributed by atoms with E-state index in [4.69, 9.17) is 0 Å². The van der Waals surface area contributed by atoms with Crippen LogP contribution in [0.5, 0.6) is 0 Å². The van der Waals surface area contributed by atoms with Crippen molar-refractivity contribution in [3.8, 4) is 0 Å². The third-order valence-electron chi connectivity index (χ3n) is 1.72. The Hall–Kier alpha value is -1.63. The minimum Gasteiger partial charge on any atom is -0.374 e. The lowest BCUT2D eigenvalue weighted by Gasteiger charge is -2.05. The number of carbonyl (C=O) groups excluding carboxylic acids is 1. The number of rotatable bonds is 6. The number of hydrogen-bond acceptors (Lipinski definition) is 3. The third-order valence-corrected chi connectivity index (χ3v) is 1.72. The summed E-state index contributed by atoms with van der Waals surface area (Å²) in [7, 11) is 0. The van der Waals surface area contributed by atoms with E-state index in [0.717, 1.165) is 6.07 Å². The Labute approximate surface area is 95.8 Å². The average Bonchev–Trinajstić information content (AvgIpc) is 2.28. The smallest absolute Gasteiger partial charge is 0.270 e. The van der Waals surface area contributed by atoms with Crippen LogP contribution in [0.2, 0.25) is 0 Å². The molecule has 0 aromatic carbocycles. The molecule has 0 aliphatic rings. The topological polar surface area (TPSA) is 51.2 Å². The van der Waals surface area contributed by atoms with Crippen molar-refractivity contribution in [2.45, 2.75) is 6.43 Å². The second kappa shape index (κ2) is 6.85. The van der Waals surface area contributed by atoms with Gasteiger partial charge in [0.1, 0.15) is 12.3 Å². The number of ether oxygens (including phenoxy) is 1. The second-order valence-corrected chi connectivity index (χ2v) is 3.07. The van der Waals surface area contributed by atoms with Crippen molar-refractivity contribution in [2.24, 2.45) is 0 Å². The zero-order valence-electron chi connectivity index (χ0n) is 8.83. The Bertz CT molecular complexity index is 374. The molecule has 0 spiro atoms. The van der Waals surface area contributed by atoms with Gasteiger partial charge >= 0.3 is 0 Å². The lowest BCUT2D eigenvalue weighted by molar-refractivity contribution is 0.0188. The van der Waals surface area contributed by atoms with E-state index in [2.05, 4.69) is 15.0 Å². The molecule has 17 heavy (non-hydrogen) atoms. The normalized spacial score (nSPS) is 10.6. The third kappa shape index (κ3) is 5.30. The van der Waals surface area contributed by atoms with Gasteiger partial charge in [-0.15, -0.1) is 0 Å². The first-order valence-corrected chi connectivity index (χ1v) is 4.86. The summed E-state index contributed by atoms with van der Waals surface area (Å²) in [5.41, 5.74) is -0.0705. The van der Waals surface area contributed by atoms with Gasteiger partial charge in [0.05, 0.1) is 6.61 Å². The molecule has 0 fully saturated rings. The molecule has 0 radical (unpaired) electrons. The zero-order chi connectivity index (χ0) is 12.7. The maximum Gasteiger partial charge on any atom is 0.270 e. The molecule has 1 N–H and O–H groups in total. The summed E-state index contributed by atoms with van der Waals surface area (Å²) in [5.74, 6) is -1.34. The SMILES string of the molecule is O=C(NCCOCC(F)F)c1cccc(F)n1. The van der Waals surface area contributed by atoms with E-state index in [1.807, 2.05) is 0 Å². The largest absolute Gasteiger partial charge is 0.374 e. The number of carbonyl (C=O) groups is 1. The van der Waals surface area contributed by atoms with Gasteiger partial charge in [-0.1, -0.05) is 6.07 Å². The zero-order valence-corrected chi connectivity index (χ0v) is 8.83. The first kappa shape index (κ1) is 13.4. The van der Waals surface area contributed by atoms with Crippen LogP contribution in [0, 0.1) is 5.95 Å². The van der Waals surface area contributed by atoms with E-state index in [1.54, 1.807) is 0 Å². The van der Waals surface area contributed by atoms with Crippen LogP contribution in [-0.2, 0) is 4.74 Å². The van der Waals surface area contributed by atoms with Crippen LogP contribution in [0.15, 0.2) is 18.2 Å². The van der Waals surface area contributed by atoms with Crippen molar-refractivity contribution in [3.05, 3.63) is 29.8 Å². The van der Waals surface area contributed by atoms with Crippen LogP contribution in [0.3, 0.4) is 0 Å². The van der Waals surface area contributed by atoms with E-state index < -0.39 is 24.9 Å². The predicted octanol–water partition coefficient (Wildman–Crippen LogP) is 1.23. The Morgan fingerprint density at radius 2 is 2.24 bits per heavy atom. The molecule has 7 heteroatoms. The Balaban J connectivity index is 2.26. The number of alkyl halides is 2. The first-order chi connectivity index (χ1) is 8.09. The Morgan fingerprint density at radius 3 is 2.88 bits per heavy atom. The van der Waals surface area contributed by atoms with Crippen molar-refractivity contribution in [1.82, 2.24) is 10.3 Å². The lowest BCUT2D eigenvalue weighted by atomic mass is 10.3. The van der Waals surface area contributed by atoms with E-state index >= 15 is 0 Å². The summed E-state index contributed by atoms with van der Waals surface area (Å²) in [5, 5.41) is 2.36. The predicted molar refractivity (Wildman–Crippen MR) is 53.4 cm³/mol. The Kier molecular flexibility index (Phi) is 5.41. The number of aromatic nitrogens is 1.